The maximum absolute atomic E-state index is 11.4. The number of nitrogens with one attached hydrogen (secondary N) is 1. The Labute approximate surface area is 82.1 Å². The molecule has 0 aliphatic rings. The van der Waals surface area contributed by atoms with Gasteiger partial charge in [-0.1, -0.05) is 27.7 Å². The van der Waals surface area contributed by atoms with Crippen molar-refractivity contribution < 1.29 is 4.79 Å². The van der Waals surface area contributed by atoms with Crippen LogP contribution in [0.1, 0.15) is 47.5 Å². The van der Waals surface area contributed by atoms with Gasteiger partial charge in [-0.25, -0.2) is 0 Å². The average molecular weight is 185 g/mol. The van der Waals surface area contributed by atoms with E-state index in [0.717, 1.165) is 6.42 Å². The Kier molecular flexibility index (Phi) is 5.76. The normalized spacial score (nSPS) is 15.5. The predicted molar refractivity (Wildman–Crippen MR) is 56.5 cm³/mol. The molecule has 0 fully saturated rings. The van der Waals surface area contributed by atoms with Gasteiger partial charge < -0.3 is 5.32 Å². The van der Waals surface area contributed by atoms with Crippen LogP contribution in [0.15, 0.2) is 0 Å². The summed E-state index contributed by atoms with van der Waals surface area (Å²) in [6.45, 7) is 10.6. The number of hydrogen-bond acceptors (Lipinski definition) is 1. The minimum atomic E-state index is 0.190. The maximum atomic E-state index is 11.4. The van der Waals surface area contributed by atoms with E-state index in [0.29, 0.717) is 24.3 Å². The van der Waals surface area contributed by atoms with Crippen LogP contribution in [0.5, 0.6) is 0 Å². The fourth-order valence-corrected chi connectivity index (χ4v) is 0.964. The summed E-state index contributed by atoms with van der Waals surface area (Å²) in [6.07, 6.45) is 1.66. The molecule has 2 unspecified atom stereocenters. The van der Waals surface area contributed by atoms with Crippen molar-refractivity contribution in [3.8, 4) is 0 Å². The van der Waals surface area contributed by atoms with Crippen molar-refractivity contribution in [3.63, 3.8) is 0 Å². The third kappa shape index (κ3) is 5.67. The first-order valence-corrected chi connectivity index (χ1v) is 5.26. The molecule has 0 radical (unpaired) electrons. The third-order valence-electron chi connectivity index (χ3n) is 2.67. The van der Waals surface area contributed by atoms with Crippen molar-refractivity contribution in [2.75, 3.05) is 0 Å². The van der Waals surface area contributed by atoms with Gasteiger partial charge in [-0.05, 0) is 25.2 Å². The van der Waals surface area contributed by atoms with Crippen LogP contribution in [0.4, 0.5) is 0 Å². The second-order valence-electron chi connectivity index (χ2n) is 4.30. The highest BCUT2D eigenvalue weighted by Gasteiger charge is 2.13. The lowest BCUT2D eigenvalue weighted by Crippen LogP contribution is -2.33. The number of carbonyl (C=O) groups is 1. The van der Waals surface area contributed by atoms with Crippen LogP contribution in [-0.4, -0.2) is 11.9 Å². The summed E-state index contributed by atoms with van der Waals surface area (Å²) in [7, 11) is 0. The van der Waals surface area contributed by atoms with Crippen LogP contribution >= 0.6 is 0 Å². The summed E-state index contributed by atoms with van der Waals surface area (Å²) in [6, 6.07) is 0.312. The SMILES string of the molecule is CCC(C)NC(=O)CC(C)C(C)C. The van der Waals surface area contributed by atoms with E-state index >= 15 is 0 Å². The lowest BCUT2D eigenvalue weighted by atomic mass is 9.94. The first kappa shape index (κ1) is 12.5. The highest BCUT2D eigenvalue weighted by atomic mass is 16.1. The van der Waals surface area contributed by atoms with E-state index in [9.17, 15) is 4.79 Å². The molecule has 0 aliphatic heterocycles. The van der Waals surface area contributed by atoms with Crippen molar-refractivity contribution in [2.24, 2.45) is 11.8 Å². The molecule has 0 aromatic carbocycles. The fourth-order valence-electron chi connectivity index (χ4n) is 0.964. The van der Waals surface area contributed by atoms with Gasteiger partial charge in [0.05, 0.1) is 0 Å². The molecule has 13 heavy (non-hydrogen) atoms. The first-order valence-electron chi connectivity index (χ1n) is 5.26. The van der Waals surface area contributed by atoms with Crippen LogP contribution in [0.3, 0.4) is 0 Å². The lowest BCUT2D eigenvalue weighted by molar-refractivity contribution is -0.122. The molecular weight excluding hydrogens is 162 g/mol. The van der Waals surface area contributed by atoms with Gasteiger partial charge in [0.2, 0.25) is 5.91 Å². The molecule has 2 nitrogen and oxygen atoms in total. The summed E-state index contributed by atoms with van der Waals surface area (Å²) >= 11 is 0. The Bertz CT molecular complexity index is 154. The molecule has 2 heteroatoms. The van der Waals surface area contributed by atoms with E-state index in [1.54, 1.807) is 0 Å². The van der Waals surface area contributed by atoms with Crippen LogP contribution in [0.25, 0.3) is 0 Å². The largest absolute Gasteiger partial charge is 0.354 e. The molecule has 0 aromatic heterocycles. The van der Waals surface area contributed by atoms with Gasteiger partial charge in [-0.2, -0.15) is 0 Å². The highest BCUT2D eigenvalue weighted by Crippen LogP contribution is 2.13. The summed E-state index contributed by atoms with van der Waals surface area (Å²) in [4.78, 5) is 11.4. The molecule has 0 heterocycles. The zero-order valence-corrected chi connectivity index (χ0v) is 9.55. The summed E-state index contributed by atoms with van der Waals surface area (Å²) in [5, 5.41) is 2.98. The van der Waals surface area contributed by atoms with E-state index in [4.69, 9.17) is 0 Å². The Morgan fingerprint density at radius 1 is 1.23 bits per heavy atom. The number of amides is 1. The molecule has 2 atom stereocenters. The molecule has 0 aromatic rings. The van der Waals surface area contributed by atoms with Gasteiger partial charge in [-0.3, -0.25) is 4.79 Å². The Hall–Kier alpha value is -0.530. The smallest absolute Gasteiger partial charge is 0.220 e. The van der Waals surface area contributed by atoms with Crippen molar-refractivity contribution in [3.05, 3.63) is 0 Å². The molecular formula is C11H23NO. The summed E-state index contributed by atoms with van der Waals surface area (Å²) in [5.74, 6) is 1.25. The highest BCUT2D eigenvalue weighted by molar-refractivity contribution is 5.76. The van der Waals surface area contributed by atoms with Gasteiger partial charge in [0.15, 0.2) is 0 Å². The Morgan fingerprint density at radius 2 is 1.77 bits per heavy atom. The van der Waals surface area contributed by atoms with E-state index in [1.165, 1.54) is 0 Å². The molecule has 0 saturated heterocycles. The van der Waals surface area contributed by atoms with E-state index in [2.05, 4.69) is 33.0 Å². The predicted octanol–water partition coefficient (Wildman–Crippen LogP) is 2.58. The standard InChI is InChI=1S/C11H23NO/c1-6-10(5)12-11(13)7-9(4)8(2)3/h8-10H,6-7H2,1-5H3,(H,12,13). The molecule has 1 N–H and O–H groups in total. The van der Waals surface area contributed by atoms with Gasteiger partial charge in [0.1, 0.15) is 0 Å². The lowest BCUT2D eigenvalue weighted by Gasteiger charge is -2.17. The topological polar surface area (TPSA) is 29.1 Å². The maximum Gasteiger partial charge on any atom is 0.220 e. The van der Waals surface area contributed by atoms with Gasteiger partial charge in [0, 0.05) is 12.5 Å². The zero-order chi connectivity index (χ0) is 10.4. The minimum absolute atomic E-state index is 0.190. The van der Waals surface area contributed by atoms with Gasteiger partial charge in [-0.15, -0.1) is 0 Å². The summed E-state index contributed by atoms with van der Waals surface area (Å²) < 4.78 is 0. The number of hydrogen-bond donors (Lipinski definition) is 1. The first-order chi connectivity index (χ1) is 5.97. The number of rotatable bonds is 5. The second kappa shape index (κ2) is 6.01. The molecule has 0 bridgehead atoms. The van der Waals surface area contributed by atoms with Crippen LogP contribution in [-0.2, 0) is 4.79 Å². The zero-order valence-electron chi connectivity index (χ0n) is 9.55. The van der Waals surface area contributed by atoms with Crippen molar-refractivity contribution in [2.45, 2.75) is 53.5 Å². The summed E-state index contributed by atoms with van der Waals surface area (Å²) in [5.41, 5.74) is 0. The van der Waals surface area contributed by atoms with Crippen molar-refractivity contribution in [1.29, 1.82) is 0 Å². The monoisotopic (exact) mass is 185 g/mol. The van der Waals surface area contributed by atoms with E-state index in [1.807, 2.05) is 6.92 Å². The molecule has 78 valence electrons. The van der Waals surface area contributed by atoms with Crippen LogP contribution in [0, 0.1) is 11.8 Å². The van der Waals surface area contributed by atoms with Crippen LogP contribution < -0.4 is 5.32 Å². The Balaban J connectivity index is 3.74. The van der Waals surface area contributed by atoms with Crippen LogP contribution in [0.2, 0.25) is 0 Å². The van der Waals surface area contributed by atoms with Gasteiger partial charge >= 0.3 is 0 Å². The number of carbonyl (C=O) groups excluding carboxylic acids is 1. The molecule has 0 saturated carbocycles. The molecule has 0 spiro atoms. The van der Waals surface area contributed by atoms with E-state index < -0.39 is 0 Å². The quantitative estimate of drug-likeness (QED) is 0.701. The minimum Gasteiger partial charge on any atom is -0.354 e. The second-order valence-corrected chi connectivity index (χ2v) is 4.30. The molecule has 0 rings (SSSR count). The van der Waals surface area contributed by atoms with E-state index in [-0.39, 0.29) is 5.91 Å². The average Bonchev–Trinajstić information content (AvgIpc) is 2.03. The Morgan fingerprint density at radius 3 is 2.15 bits per heavy atom. The third-order valence-corrected chi connectivity index (χ3v) is 2.67. The molecule has 0 aliphatic carbocycles. The van der Waals surface area contributed by atoms with Crippen molar-refractivity contribution in [1.82, 2.24) is 5.32 Å². The fraction of sp³-hybridized carbons (Fsp3) is 0.909. The molecule has 1 amide bonds. The van der Waals surface area contributed by atoms with Crippen molar-refractivity contribution >= 4 is 5.91 Å². The van der Waals surface area contributed by atoms with Gasteiger partial charge in [0.25, 0.3) is 0 Å².